The van der Waals surface area contributed by atoms with E-state index in [1.165, 1.54) is 6.04 Å². The van der Waals surface area contributed by atoms with Crippen molar-refractivity contribution in [2.45, 2.75) is 26.1 Å². The Morgan fingerprint density at radius 2 is 0.875 bits per heavy atom. The van der Waals surface area contributed by atoms with Crippen LogP contribution in [0, 0.1) is 0 Å². The summed E-state index contributed by atoms with van der Waals surface area (Å²) in [5.74, 6) is 0. The molecule has 1 atom stereocenters. The van der Waals surface area contributed by atoms with E-state index < -0.39 is 15.2 Å². The maximum Gasteiger partial charge on any atom is 0.113 e. The molecule has 0 bridgehead atoms. The monoisotopic (exact) mass is 346 g/mol. The molecule has 0 radical (unpaired) electrons. The molecule has 0 nitrogen and oxygen atoms in total. The van der Waals surface area contributed by atoms with Gasteiger partial charge in [-0.05, 0) is 0 Å². The predicted octanol–water partition coefficient (Wildman–Crippen LogP) is 3.96. The van der Waals surface area contributed by atoms with Crippen LogP contribution in [0.5, 0.6) is 0 Å². The summed E-state index contributed by atoms with van der Waals surface area (Å²) in [6.07, 6.45) is 0. The van der Waals surface area contributed by atoms with Crippen molar-refractivity contribution in [3.63, 3.8) is 0 Å². The lowest BCUT2D eigenvalue weighted by Gasteiger charge is -2.44. The topological polar surface area (TPSA) is 0 Å². The zero-order valence-electron chi connectivity index (χ0n) is 14.9. The largest absolute Gasteiger partial charge is 0.113 e. The van der Waals surface area contributed by atoms with Gasteiger partial charge in [0.05, 0.1) is 7.59 Å². The maximum atomic E-state index is 2.61. The fourth-order valence-corrected chi connectivity index (χ4v) is 19.1. The van der Waals surface area contributed by atoms with Gasteiger partial charge in [0.2, 0.25) is 0 Å². The van der Waals surface area contributed by atoms with Gasteiger partial charge in [0.15, 0.2) is 0 Å². The van der Waals surface area contributed by atoms with Gasteiger partial charge >= 0.3 is 0 Å². The van der Waals surface area contributed by atoms with E-state index >= 15 is 0 Å². The summed E-state index contributed by atoms with van der Waals surface area (Å²) in [6, 6.07) is 35.1. The Morgan fingerprint density at radius 3 is 1.21 bits per heavy atom. The van der Waals surface area contributed by atoms with Gasteiger partial charge < -0.3 is 0 Å². The molecule has 2 heteroatoms. The second kappa shape index (κ2) is 6.92. The lowest BCUT2D eigenvalue weighted by atomic mass is 10.4. The molecule has 3 aromatic carbocycles. The summed E-state index contributed by atoms with van der Waals surface area (Å²) in [5.41, 5.74) is 0. The van der Waals surface area contributed by atoms with E-state index in [2.05, 4.69) is 111 Å². The van der Waals surface area contributed by atoms with Gasteiger partial charge in [-0.2, -0.15) is 0 Å². The van der Waals surface area contributed by atoms with Crippen LogP contribution in [0.3, 0.4) is 0 Å². The van der Waals surface area contributed by atoms with Gasteiger partial charge in [-0.15, -0.1) is 0 Å². The van der Waals surface area contributed by atoms with Crippen molar-refractivity contribution < 1.29 is 0 Å². The van der Waals surface area contributed by atoms with Crippen LogP contribution < -0.4 is 15.6 Å². The predicted molar refractivity (Wildman–Crippen MR) is 112 cm³/mol. The lowest BCUT2D eigenvalue weighted by Crippen LogP contribution is -2.77. The van der Waals surface area contributed by atoms with Crippen LogP contribution in [0.25, 0.3) is 0 Å². The lowest BCUT2D eigenvalue weighted by molar-refractivity contribution is 1.40. The van der Waals surface area contributed by atoms with Gasteiger partial charge in [-0.25, -0.2) is 0 Å². The van der Waals surface area contributed by atoms with Gasteiger partial charge in [0, 0.05) is 0 Å². The third kappa shape index (κ3) is 2.70. The molecule has 0 spiro atoms. The Hall–Kier alpha value is -1.91. The summed E-state index contributed by atoms with van der Waals surface area (Å²) in [5, 5.41) is 4.72. The summed E-state index contributed by atoms with van der Waals surface area (Å²) < 4.78 is 0. The molecule has 0 heterocycles. The van der Waals surface area contributed by atoms with Crippen molar-refractivity contribution in [1.82, 2.24) is 0 Å². The number of hydrogen-bond donors (Lipinski definition) is 0. The molecule has 3 rings (SSSR count). The highest BCUT2D eigenvalue weighted by atomic mass is 29.3. The Labute approximate surface area is 148 Å². The van der Waals surface area contributed by atoms with Crippen molar-refractivity contribution in [2.75, 3.05) is 0 Å². The van der Waals surface area contributed by atoms with E-state index in [4.69, 9.17) is 0 Å². The van der Waals surface area contributed by atoms with E-state index in [-0.39, 0.29) is 0 Å². The van der Waals surface area contributed by atoms with E-state index in [0.29, 0.717) is 0 Å². The molecule has 0 aliphatic carbocycles. The summed E-state index contributed by atoms with van der Waals surface area (Å²) >= 11 is 0. The molecule has 0 saturated heterocycles. The zero-order valence-corrected chi connectivity index (χ0v) is 16.9. The molecule has 122 valence electrons. The summed E-state index contributed by atoms with van der Waals surface area (Å²) in [6.45, 7) is 7.60. The van der Waals surface area contributed by atoms with E-state index in [9.17, 15) is 0 Å². The summed E-state index contributed by atoms with van der Waals surface area (Å²) in [7, 11) is -3.55. The van der Waals surface area contributed by atoms with Crippen LogP contribution in [0.1, 0.15) is 6.92 Å². The van der Waals surface area contributed by atoms with Crippen LogP contribution in [0.15, 0.2) is 91.0 Å². The average molecular weight is 347 g/mol. The van der Waals surface area contributed by atoms with Gasteiger partial charge in [0.25, 0.3) is 0 Å². The Balaban J connectivity index is 2.29. The van der Waals surface area contributed by atoms with Crippen molar-refractivity contribution >= 4 is 30.7 Å². The van der Waals surface area contributed by atoms with Crippen molar-refractivity contribution in [3.05, 3.63) is 91.0 Å². The molecular weight excluding hydrogens is 320 g/mol. The molecular formula is C22H26Si2. The number of hydrogen-bond acceptors (Lipinski definition) is 0. The highest BCUT2D eigenvalue weighted by Gasteiger charge is 2.50. The minimum atomic E-state index is -1.86. The standard InChI is InChI=1S/C22H26Si2/c1-4-23(2,20-14-8-5-9-15-20)24(3,21-16-10-6-11-17-21)22-18-12-7-13-19-22/h5-19H,4H2,1-3H3. The van der Waals surface area contributed by atoms with Crippen molar-refractivity contribution in [1.29, 1.82) is 0 Å². The fourth-order valence-electron chi connectivity index (χ4n) is 4.00. The first kappa shape index (κ1) is 16.9. The third-order valence-electron chi connectivity index (χ3n) is 5.92. The first-order valence-corrected chi connectivity index (χ1v) is 15.0. The first-order chi connectivity index (χ1) is 11.6. The van der Waals surface area contributed by atoms with Crippen LogP contribution in [-0.2, 0) is 0 Å². The van der Waals surface area contributed by atoms with Crippen LogP contribution >= 0.6 is 0 Å². The zero-order chi connectivity index (χ0) is 17.0. The number of benzene rings is 3. The molecule has 3 aromatic rings. The van der Waals surface area contributed by atoms with E-state index in [1.54, 1.807) is 15.6 Å². The quantitative estimate of drug-likeness (QED) is 0.613. The molecule has 1 unspecified atom stereocenters. The first-order valence-electron chi connectivity index (χ1n) is 8.79. The van der Waals surface area contributed by atoms with Gasteiger partial charge in [-0.1, -0.05) is 133 Å². The highest BCUT2D eigenvalue weighted by Crippen LogP contribution is 2.24. The normalized spacial score (nSPS) is 14.1. The second-order valence-corrected chi connectivity index (χ2v) is 20.6. The molecule has 0 aliphatic heterocycles. The van der Waals surface area contributed by atoms with Crippen LogP contribution in [0.2, 0.25) is 19.1 Å². The summed E-state index contributed by atoms with van der Waals surface area (Å²) in [4.78, 5) is 0. The smallest absolute Gasteiger partial charge is 0.0677 e. The molecule has 0 amide bonds. The molecule has 24 heavy (non-hydrogen) atoms. The molecule has 0 N–H and O–H groups in total. The minimum absolute atomic E-state index is 1.27. The Morgan fingerprint density at radius 1 is 0.542 bits per heavy atom. The van der Waals surface area contributed by atoms with Crippen LogP contribution in [0.4, 0.5) is 0 Å². The van der Waals surface area contributed by atoms with Crippen LogP contribution in [-0.4, -0.2) is 15.2 Å². The molecule has 0 aliphatic rings. The molecule has 0 fully saturated rings. The Bertz CT molecular complexity index is 729. The fraction of sp³-hybridized carbons (Fsp3) is 0.182. The van der Waals surface area contributed by atoms with Gasteiger partial charge in [-0.3, -0.25) is 0 Å². The molecule has 0 saturated carbocycles. The average Bonchev–Trinajstić information content (AvgIpc) is 2.68. The van der Waals surface area contributed by atoms with Crippen molar-refractivity contribution in [3.8, 4) is 0 Å². The SMILES string of the molecule is CC[Si](C)(c1ccccc1)[Si](C)(c1ccccc1)c1ccccc1. The van der Waals surface area contributed by atoms with E-state index in [0.717, 1.165) is 0 Å². The number of rotatable bonds is 5. The highest BCUT2D eigenvalue weighted by molar-refractivity contribution is 7.55. The third-order valence-corrected chi connectivity index (χ3v) is 24.4. The molecule has 0 aromatic heterocycles. The minimum Gasteiger partial charge on any atom is -0.0677 e. The van der Waals surface area contributed by atoms with Crippen molar-refractivity contribution in [2.24, 2.45) is 0 Å². The Kier molecular flexibility index (Phi) is 4.88. The van der Waals surface area contributed by atoms with E-state index in [1.807, 2.05) is 0 Å². The van der Waals surface area contributed by atoms with Gasteiger partial charge in [0.1, 0.15) is 7.59 Å². The maximum absolute atomic E-state index is 2.61. The second-order valence-electron chi connectivity index (χ2n) is 6.91.